The molecular formula is C28H47N3O4S. The Morgan fingerprint density at radius 3 is 2.06 bits per heavy atom. The molecule has 0 fully saturated rings. The van der Waals surface area contributed by atoms with Crippen LogP contribution >= 0.6 is 11.8 Å². The SMILES string of the molecule is CCCC(C)NC(=O)C(c1ccc(C)cc1)N(C(=O)C(CCSC)NC(=O)OC(C)(C)C)C(C)(C)C. The molecule has 1 rings (SSSR count). The van der Waals surface area contributed by atoms with Crippen molar-refractivity contribution in [3.8, 4) is 0 Å². The van der Waals surface area contributed by atoms with Crippen LogP contribution in [-0.2, 0) is 14.3 Å². The summed E-state index contributed by atoms with van der Waals surface area (Å²) in [5.74, 6) is 0.120. The van der Waals surface area contributed by atoms with Gasteiger partial charge in [-0.2, -0.15) is 11.8 Å². The molecule has 7 nitrogen and oxygen atoms in total. The molecule has 0 saturated carbocycles. The molecule has 36 heavy (non-hydrogen) atoms. The Kier molecular flexibility index (Phi) is 12.3. The van der Waals surface area contributed by atoms with Gasteiger partial charge in [-0.1, -0.05) is 43.2 Å². The first kappa shape index (κ1) is 31.8. The number of rotatable bonds is 11. The fourth-order valence-corrected chi connectivity index (χ4v) is 4.42. The Morgan fingerprint density at radius 2 is 1.58 bits per heavy atom. The van der Waals surface area contributed by atoms with Crippen LogP contribution < -0.4 is 10.6 Å². The van der Waals surface area contributed by atoms with Gasteiger partial charge in [0.15, 0.2) is 0 Å². The van der Waals surface area contributed by atoms with Crippen molar-refractivity contribution in [1.82, 2.24) is 15.5 Å². The summed E-state index contributed by atoms with van der Waals surface area (Å²) in [5.41, 5.74) is 0.396. The number of carbonyl (C=O) groups is 3. The Labute approximate surface area is 222 Å². The van der Waals surface area contributed by atoms with Crippen LogP contribution in [0.15, 0.2) is 24.3 Å². The lowest BCUT2D eigenvalue weighted by molar-refractivity contribution is -0.148. The molecule has 0 spiro atoms. The summed E-state index contributed by atoms with van der Waals surface area (Å²) in [6.07, 6.45) is 3.50. The smallest absolute Gasteiger partial charge is 0.408 e. The summed E-state index contributed by atoms with van der Waals surface area (Å²) >= 11 is 1.59. The van der Waals surface area contributed by atoms with Crippen molar-refractivity contribution in [3.63, 3.8) is 0 Å². The molecule has 0 aromatic heterocycles. The van der Waals surface area contributed by atoms with E-state index in [0.29, 0.717) is 12.2 Å². The topological polar surface area (TPSA) is 87.7 Å². The second kappa shape index (κ2) is 13.9. The van der Waals surface area contributed by atoms with Gasteiger partial charge in [-0.05, 0) is 85.8 Å². The van der Waals surface area contributed by atoms with Crippen molar-refractivity contribution < 1.29 is 19.1 Å². The minimum absolute atomic E-state index is 0.0282. The Bertz CT molecular complexity index is 859. The highest BCUT2D eigenvalue weighted by Gasteiger charge is 2.42. The highest BCUT2D eigenvalue weighted by molar-refractivity contribution is 7.98. The summed E-state index contributed by atoms with van der Waals surface area (Å²) in [7, 11) is 0. The van der Waals surface area contributed by atoms with Crippen LogP contribution in [0.4, 0.5) is 4.79 Å². The van der Waals surface area contributed by atoms with Crippen molar-refractivity contribution in [2.45, 2.75) is 111 Å². The predicted octanol–water partition coefficient (Wildman–Crippen LogP) is 5.61. The quantitative estimate of drug-likeness (QED) is 0.395. The van der Waals surface area contributed by atoms with E-state index in [1.165, 1.54) is 0 Å². The fourth-order valence-electron chi connectivity index (χ4n) is 3.95. The zero-order chi connectivity index (χ0) is 27.7. The summed E-state index contributed by atoms with van der Waals surface area (Å²) in [6.45, 7) is 17.1. The number of benzene rings is 1. The predicted molar refractivity (Wildman–Crippen MR) is 149 cm³/mol. The van der Waals surface area contributed by atoms with Gasteiger partial charge in [0.2, 0.25) is 11.8 Å². The lowest BCUT2D eigenvalue weighted by Crippen LogP contribution is -2.59. The number of nitrogens with one attached hydrogen (secondary N) is 2. The number of ether oxygens (including phenoxy) is 1. The number of aryl methyl sites for hydroxylation is 1. The zero-order valence-corrected chi connectivity index (χ0v) is 24.7. The van der Waals surface area contributed by atoms with Gasteiger partial charge >= 0.3 is 6.09 Å². The monoisotopic (exact) mass is 521 g/mol. The van der Waals surface area contributed by atoms with E-state index in [-0.39, 0.29) is 17.9 Å². The molecule has 1 aromatic carbocycles. The van der Waals surface area contributed by atoms with Crippen LogP contribution in [0.3, 0.4) is 0 Å². The summed E-state index contributed by atoms with van der Waals surface area (Å²) in [5, 5.41) is 5.89. The number of hydrogen-bond donors (Lipinski definition) is 2. The van der Waals surface area contributed by atoms with E-state index >= 15 is 0 Å². The maximum atomic E-state index is 14.2. The zero-order valence-electron chi connectivity index (χ0n) is 23.9. The van der Waals surface area contributed by atoms with Crippen molar-refractivity contribution in [2.75, 3.05) is 12.0 Å². The molecule has 0 aliphatic carbocycles. The Balaban J connectivity index is 3.51. The molecule has 0 aliphatic heterocycles. The van der Waals surface area contributed by atoms with Gasteiger partial charge in [0.05, 0.1) is 0 Å². The van der Waals surface area contributed by atoms with Gasteiger partial charge in [-0.3, -0.25) is 9.59 Å². The normalized spacial score (nSPS) is 14.4. The number of carbonyl (C=O) groups excluding carboxylic acids is 3. The summed E-state index contributed by atoms with van der Waals surface area (Å²) < 4.78 is 5.44. The first-order chi connectivity index (χ1) is 16.6. The maximum Gasteiger partial charge on any atom is 0.408 e. The molecule has 0 saturated heterocycles. The Hall–Kier alpha value is -2.22. The van der Waals surface area contributed by atoms with Gasteiger partial charge in [0.1, 0.15) is 17.7 Å². The standard InChI is InChI=1S/C28H47N3O4S/c1-11-12-20(3)29-24(32)23(21-15-13-19(2)14-16-21)31(27(4,5)6)25(33)22(17-18-36-10)30-26(34)35-28(7,8)9/h13-16,20,22-23H,11-12,17-18H2,1-10H3,(H,29,32)(H,30,34). The summed E-state index contributed by atoms with van der Waals surface area (Å²) in [4.78, 5) is 42.2. The van der Waals surface area contributed by atoms with Crippen molar-refractivity contribution in [1.29, 1.82) is 0 Å². The molecule has 204 valence electrons. The van der Waals surface area contributed by atoms with E-state index in [4.69, 9.17) is 4.74 Å². The highest BCUT2D eigenvalue weighted by atomic mass is 32.2. The Morgan fingerprint density at radius 1 is 1.00 bits per heavy atom. The second-order valence-corrected chi connectivity index (χ2v) is 12.4. The number of thioether (sulfide) groups is 1. The van der Waals surface area contributed by atoms with Gasteiger partial charge in [-0.25, -0.2) is 4.79 Å². The third-order valence-electron chi connectivity index (χ3n) is 5.57. The number of amides is 3. The van der Waals surface area contributed by atoms with Crippen LogP contribution in [0, 0.1) is 6.92 Å². The van der Waals surface area contributed by atoms with E-state index in [1.54, 1.807) is 37.4 Å². The highest BCUT2D eigenvalue weighted by Crippen LogP contribution is 2.31. The van der Waals surface area contributed by atoms with Crippen LogP contribution in [-0.4, -0.2) is 58.0 Å². The van der Waals surface area contributed by atoms with Crippen LogP contribution in [0.1, 0.15) is 91.8 Å². The van der Waals surface area contributed by atoms with Crippen molar-refractivity contribution >= 4 is 29.7 Å². The van der Waals surface area contributed by atoms with E-state index in [1.807, 2.05) is 65.1 Å². The summed E-state index contributed by atoms with van der Waals surface area (Å²) in [6, 6.07) is 5.97. The van der Waals surface area contributed by atoms with E-state index in [0.717, 1.165) is 24.0 Å². The molecule has 0 radical (unpaired) electrons. The molecular weight excluding hydrogens is 474 g/mol. The number of nitrogens with zero attached hydrogens (tertiary/aromatic N) is 1. The number of hydrogen-bond acceptors (Lipinski definition) is 5. The maximum absolute atomic E-state index is 14.2. The van der Waals surface area contributed by atoms with Crippen LogP contribution in [0.25, 0.3) is 0 Å². The van der Waals surface area contributed by atoms with Gasteiger partial charge in [0.25, 0.3) is 0 Å². The minimum Gasteiger partial charge on any atom is -0.444 e. The minimum atomic E-state index is -0.852. The largest absolute Gasteiger partial charge is 0.444 e. The molecule has 2 N–H and O–H groups in total. The number of alkyl carbamates (subject to hydrolysis) is 1. The third kappa shape index (κ3) is 10.4. The molecule has 0 heterocycles. The van der Waals surface area contributed by atoms with E-state index in [2.05, 4.69) is 17.6 Å². The molecule has 3 unspecified atom stereocenters. The van der Waals surface area contributed by atoms with Crippen molar-refractivity contribution in [3.05, 3.63) is 35.4 Å². The van der Waals surface area contributed by atoms with Crippen molar-refractivity contribution in [2.24, 2.45) is 0 Å². The molecule has 0 aliphatic rings. The first-order valence-corrected chi connectivity index (χ1v) is 14.2. The lowest BCUT2D eigenvalue weighted by atomic mass is 9.94. The molecule has 3 amide bonds. The average molecular weight is 522 g/mol. The molecule has 3 atom stereocenters. The van der Waals surface area contributed by atoms with Gasteiger partial charge in [0, 0.05) is 11.6 Å². The van der Waals surface area contributed by atoms with Crippen LogP contribution in [0.2, 0.25) is 0 Å². The third-order valence-corrected chi connectivity index (χ3v) is 6.21. The van der Waals surface area contributed by atoms with E-state index < -0.39 is 29.3 Å². The average Bonchev–Trinajstić information content (AvgIpc) is 2.73. The molecule has 1 aromatic rings. The van der Waals surface area contributed by atoms with Gasteiger partial charge in [-0.15, -0.1) is 0 Å². The van der Waals surface area contributed by atoms with Crippen LogP contribution in [0.5, 0.6) is 0 Å². The molecule has 8 heteroatoms. The fraction of sp³-hybridized carbons (Fsp3) is 0.679. The lowest BCUT2D eigenvalue weighted by Gasteiger charge is -2.43. The second-order valence-electron chi connectivity index (χ2n) is 11.4. The van der Waals surface area contributed by atoms with Gasteiger partial charge < -0.3 is 20.3 Å². The molecule has 0 bridgehead atoms. The van der Waals surface area contributed by atoms with E-state index in [9.17, 15) is 14.4 Å². The first-order valence-electron chi connectivity index (χ1n) is 12.8.